The largest absolute Gasteiger partial charge is 0.424 e. The highest BCUT2D eigenvalue weighted by atomic mass is 16.4. The van der Waals surface area contributed by atoms with Gasteiger partial charge in [0.05, 0.1) is 6.54 Å². The van der Waals surface area contributed by atoms with Gasteiger partial charge in [-0.25, -0.2) is 4.98 Å². The summed E-state index contributed by atoms with van der Waals surface area (Å²) in [5.74, 6) is 2.33. The lowest BCUT2D eigenvalue weighted by atomic mass is 10.0. The molecular weight excluding hydrogens is 340 g/mol. The molecule has 7 nitrogen and oxygen atoms in total. The normalized spacial score (nSPS) is 15.6. The van der Waals surface area contributed by atoms with Gasteiger partial charge in [-0.2, -0.15) is 0 Å². The highest BCUT2D eigenvalue weighted by molar-refractivity contribution is 5.51. The first-order valence-corrected chi connectivity index (χ1v) is 9.45. The SMILES string of the molecule is Cc1nnc(CN(C)C2CCN(c3ccc(-n4ccnc4C)cc3)CC2)o1. The smallest absolute Gasteiger partial charge is 0.230 e. The quantitative estimate of drug-likeness (QED) is 0.692. The standard InChI is InChI=1S/C20H26N6O/c1-15-21-10-13-26(15)19-6-4-18(5-7-19)25-11-8-17(9-12-25)24(3)14-20-23-22-16(2)27-20/h4-7,10,13,17H,8-9,11-12,14H2,1-3H3. The van der Waals surface area contributed by atoms with Crippen LogP contribution in [0.2, 0.25) is 0 Å². The summed E-state index contributed by atoms with van der Waals surface area (Å²) in [6.07, 6.45) is 6.09. The lowest BCUT2D eigenvalue weighted by Gasteiger charge is -2.37. The van der Waals surface area contributed by atoms with Crippen molar-refractivity contribution in [2.75, 3.05) is 25.0 Å². The van der Waals surface area contributed by atoms with Crippen LogP contribution in [0.25, 0.3) is 5.69 Å². The minimum absolute atomic E-state index is 0.543. The van der Waals surface area contributed by atoms with Crippen LogP contribution in [-0.4, -0.2) is 50.8 Å². The number of rotatable bonds is 5. The zero-order valence-electron chi connectivity index (χ0n) is 16.2. The molecule has 0 spiro atoms. The van der Waals surface area contributed by atoms with Crippen molar-refractivity contribution in [1.82, 2.24) is 24.6 Å². The monoisotopic (exact) mass is 366 g/mol. The lowest BCUT2D eigenvalue weighted by Crippen LogP contribution is -2.43. The fourth-order valence-corrected chi connectivity index (χ4v) is 3.78. The number of benzene rings is 1. The van der Waals surface area contributed by atoms with E-state index in [-0.39, 0.29) is 0 Å². The zero-order chi connectivity index (χ0) is 18.8. The number of nitrogens with zero attached hydrogens (tertiary/aromatic N) is 6. The van der Waals surface area contributed by atoms with Crippen molar-refractivity contribution in [3.63, 3.8) is 0 Å². The molecule has 7 heteroatoms. The van der Waals surface area contributed by atoms with Crippen LogP contribution in [0.15, 0.2) is 41.1 Å². The van der Waals surface area contributed by atoms with Crippen LogP contribution in [0.5, 0.6) is 0 Å². The minimum atomic E-state index is 0.543. The van der Waals surface area contributed by atoms with Gasteiger partial charge in [-0.1, -0.05) is 0 Å². The number of hydrogen-bond donors (Lipinski definition) is 0. The molecule has 0 N–H and O–H groups in total. The van der Waals surface area contributed by atoms with Crippen molar-refractivity contribution < 1.29 is 4.42 Å². The van der Waals surface area contributed by atoms with Crippen molar-refractivity contribution in [1.29, 1.82) is 0 Å². The molecule has 1 aliphatic heterocycles. The Balaban J connectivity index is 1.34. The Kier molecular flexibility index (Phi) is 4.94. The van der Waals surface area contributed by atoms with E-state index in [9.17, 15) is 0 Å². The van der Waals surface area contributed by atoms with E-state index in [2.05, 4.69) is 60.9 Å². The second kappa shape index (κ2) is 7.52. The molecule has 1 aliphatic rings. The van der Waals surface area contributed by atoms with Crippen LogP contribution >= 0.6 is 0 Å². The van der Waals surface area contributed by atoms with Crippen molar-refractivity contribution in [2.45, 2.75) is 39.3 Å². The second-order valence-electron chi connectivity index (χ2n) is 7.21. The average molecular weight is 366 g/mol. The van der Waals surface area contributed by atoms with Crippen LogP contribution in [0.4, 0.5) is 5.69 Å². The van der Waals surface area contributed by atoms with E-state index in [0.29, 0.717) is 24.4 Å². The van der Waals surface area contributed by atoms with E-state index in [1.54, 1.807) is 0 Å². The maximum absolute atomic E-state index is 5.50. The maximum Gasteiger partial charge on any atom is 0.230 e. The maximum atomic E-state index is 5.50. The number of imidazole rings is 1. The number of hydrogen-bond acceptors (Lipinski definition) is 6. The van der Waals surface area contributed by atoms with E-state index in [0.717, 1.165) is 37.4 Å². The third-order valence-corrected chi connectivity index (χ3v) is 5.36. The van der Waals surface area contributed by atoms with Crippen molar-refractivity contribution in [3.05, 3.63) is 54.3 Å². The Hall–Kier alpha value is -2.67. The first-order valence-electron chi connectivity index (χ1n) is 9.45. The zero-order valence-corrected chi connectivity index (χ0v) is 16.2. The van der Waals surface area contributed by atoms with Gasteiger partial charge < -0.3 is 13.9 Å². The summed E-state index contributed by atoms with van der Waals surface area (Å²) in [6.45, 7) is 6.67. The summed E-state index contributed by atoms with van der Waals surface area (Å²) >= 11 is 0. The molecule has 1 fully saturated rings. The molecule has 1 aromatic carbocycles. The van der Waals surface area contributed by atoms with Crippen molar-refractivity contribution in [2.24, 2.45) is 0 Å². The van der Waals surface area contributed by atoms with Gasteiger partial charge in [0.1, 0.15) is 5.82 Å². The summed E-state index contributed by atoms with van der Waals surface area (Å²) < 4.78 is 7.61. The fraction of sp³-hybridized carbons (Fsp3) is 0.450. The molecule has 0 radical (unpaired) electrons. The lowest BCUT2D eigenvalue weighted by molar-refractivity contribution is 0.183. The Morgan fingerprint density at radius 3 is 2.37 bits per heavy atom. The highest BCUT2D eigenvalue weighted by Crippen LogP contribution is 2.24. The molecule has 0 unspecified atom stereocenters. The summed E-state index contributed by atoms with van der Waals surface area (Å²) in [6, 6.07) is 9.29. The molecule has 0 aliphatic carbocycles. The average Bonchev–Trinajstić information content (AvgIpc) is 3.30. The van der Waals surface area contributed by atoms with Crippen LogP contribution in [0.1, 0.15) is 30.4 Å². The van der Waals surface area contributed by atoms with Gasteiger partial charge in [0.2, 0.25) is 11.8 Å². The third-order valence-electron chi connectivity index (χ3n) is 5.36. The van der Waals surface area contributed by atoms with Gasteiger partial charge in [0.15, 0.2) is 0 Å². The first kappa shape index (κ1) is 17.7. The molecule has 1 saturated heterocycles. The molecule has 3 heterocycles. The van der Waals surface area contributed by atoms with Crippen molar-refractivity contribution in [3.8, 4) is 5.69 Å². The summed E-state index contributed by atoms with van der Waals surface area (Å²) in [5, 5.41) is 8.01. The molecule has 4 rings (SSSR count). The van der Waals surface area contributed by atoms with Crippen LogP contribution in [-0.2, 0) is 6.54 Å². The Morgan fingerprint density at radius 1 is 1.07 bits per heavy atom. The number of anilines is 1. The van der Waals surface area contributed by atoms with Crippen LogP contribution < -0.4 is 4.90 Å². The molecular formula is C20H26N6O. The molecule has 3 aromatic rings. The number of aromatic nitrogens is 4. The van der Waals surface area contributed by atoms with E-state index in [1.807, 2.05) is 26.2 Å². The Morgan fingerprint density at radius 2 is 1.78 bits per heavy atom. The fourth-order valence-electron chi connectivity index (χ4n) is 3.78. The number of aryl methyl sites for hydroxylation is 2. The van der Waals surface area contributed by atoms with Gasteiger partial charge in [-0.15, -0.1) is 10.2 Å². The van der Waals surface area contributed by atoms with E-state index in [1.165, 1.54) is 5.69 Å². The third kappa shape index (κ3) is 3.88. The molecule has 0 atom stereocenters. The highest BCUT2D eigenvalue weighted by Gasteiger charge is 2.23. The predicted octanol–water partition coefficient (Wildman–Crippen LogP) is 2.97. The van der Waals surface area contributed by atoms with Crippen LogP contribution in [0, 0.1) is 13.8 Å². The molecule has 2 aromatic heterocycles. The molecule has 0 bridgehead atoms. The molecule has 0 saturated carbocycles. The Bertz CT molecular complexity index is 876. The summed E-state index contributed by atoms with van der Waals surface area (Å²) in [4.78, 5) is 9.09. The second-order valence-corrected chi connectivity index (χ2v) is 7.21. The van der Waals surface area contributed by atoms with E-state index < -0.39 is 0 Å². The van der Waals surface area contributed by atoms with Crippen LogP contribution in [0.3, 0.4) is 0 Å². The van der Waals surface area contributed by atoms with Gasteiger partial charge in [0, 0.05) is 49.8 Å². The number of piperidine rings is 1. The Labute approximate surface area is 159 Å². The summed E-state index contributed by atoms with van der Waals surface area (Å²) in [7, 11) is 2.14. The first-order chi connectivity index (χ1) is 13.1. The predicted molar refractivity (Wildman–Crippen MR) is 104 cm³/mol. The molecule has 0 amide bonds. The summed E-state index contributed by atoms with van der Waals surface area (Å²) in [5.41, 5.74) is 2.43. The molecule has 142 valence electrons. The van der Waals surface area contributed by atoms with Crippen molar-refractivity contribution >= 4 is 5.69 Å². The van der Waals surface area contributed by atoms with Gasteiger partial charge in [-0.05, 0) is 51.1 Å². The van der Waals surface area contributed by atoms with E-state index >= 15 is 0 Å². The minimum Gasteiger partial charge on any atom is -0.424 e. The van der Waals surface area contributed by atoms with Gasteiger partial charge >= 0.3 is 0 Å². The van der Waals surface area contributed by atoms with Gasteiger partial charge in [-0.3, -0.25) is 4.90 Å². The van der Waals surface area contributed by atoms with E-state index in [4.69, 9.17) is 4.42 Å². The molecule has 27 heavy (non-hydrogen) atoms. The van der Waals surface area contributed by atoms with Gasteiger partial charge in [0.25, 0.3) is 0 Å². The topological polar surface area (TPSA) is 63.2 Å².